The van der Waals surface area contributed by atoms with Crippen LogP contribution in [0.2, 0.25) is 0 Å². The third kappa shape index (κ3) is 5.69. The van der Waals surface area contributed by atoms with Gasteiger partial charge in [0.05, 0.1) is 16.2 Å². The second-order valence-electron chi connectivity index (χ2n) is 7.26. The molecule has 0 unspecified atom stereocenters. The predicted molar refractivity (Wildman–Crippen MR) is 112 cm³/mol. The number of amides is 1. The van der Waals surface area contributed by atoms with Gasteiger partial charge in [0, 0.05) is 32.2 Å². The smallest absolute Gasteiger partial charge is 0.407 e. The van der Waals surface area contributed by atoms with Gasteiger partial charge in [-0.2, -0.15) is 4.98 Å². The van der Waals surface area contributed by atoms with Gasteiger partial charge in [0.2, 0.25) is 5.88 Å². The van der Waals surface area contributed by atoms with Crippen molar-refractivity contribution in [2.45, 2.75) is 37.7 Å². The van der Waals surface area contributed by atoms with Gasteiger partial charge >= 0.3 is 6.09 Å². The maximum absolute atomic E-state index is 11.6. The number of piperidine rings is 1. The molecule has 0 radical (unpaired) electrons. The Bertz CT molecular complexity index is 1080. The number of hydrogen-bond acceptors (Lipinski definition) is 8. The topological polar surface area (TPSA) is 131 Å². The Morgan fingerprint density at radius 3 is 2.35 bits per heavy atom. The first-order valence-electron chi connectivity index (χ1n) is 9.63. The number of aromatic nitrogens is 2. The molecule has 1 aromatic heterocycles. The van der Waals surface area contributed by atoms with Crippen LogP contribution < -0.4 is 9.57 Å². The van der Waals surface area contributed by atoms with Crippen molar-refractivity contribution in [1.82, 2.24) is 14.9 Å². The van der Waals surface area contributed by atoms with E-state index >= 15 is 0 Å². The number of carboxylic acid groups (broad SMARTS) is 1. The summed E-state index contributed by atoms with van der Waals surface area (Å²) in [6, 6.07) is 6.34. The highest BCUT2D eigenvalue weighted by Gasteiger charge is 2.24. The number of likely N-dealkylation sites (tertiary alicyclic amines) is 1. The summed E-state index contributed by atoms with van der Waals surface area (Å²) in [7, 11) is -3.26. The SMILES string of the molecule is CC(=NOc1ncnc(OC2CCN(C(=O)O)CC2)c1C)c1ccc(S(C)(=O)=O)cc1. The van der Waals surface area contributed by atoms with Crippen molar-refractivity contribution in [2.24, 2.45) is 5.16 Å². The lowest BCUT2D eigenvalue weighted by atomic mass is 10.1. The average molecular weight is 449 g/mol. The summed E-state index contributed by atoms with van der Waals surface area (Å²) in [6.07, 6.45) is 2.55. The molecule has 1 fully saturated rings. The molecule has 3 rings (SSSR count). The zero-order valence-corrected chi connectivity index (χ0v) is 18.3. The van der Waals surface area contributed by atoms with Gasteiger partial charge in [-0.05, 0) is 31.5 Å². The van der Waals surface area contributed by atoms with Gasteiger partial charge in [-0.15, -0.1) is 0 Å². The Labute approximate surface area is 180 Å². The van der Waals surface area contributed by atoms with Crippen LogP contribution in [-0.4, -0.2) is 65.6 Å². The molecule has 31 heavy (non-hydrogen) atoms. The molecule has 0 spiro atoms. The normalized spacial score (nSPS) is 15.6. The van der Waals surface area contributed by atoms with E-state index in [1.165, 1.54) is 23.4 Å². The second-order valence-corrected chi connectivity index (χ2v) is 9.28. The Balaban J connectivity index is 1.66. The minimum absolute atomic E-state index is 0.143. The molecule has 1 aliphatic heterocycles. The molecule has 2 aromatic rings. The van der Waals surface area contributed by atoms with Gasteiger partial charge in [-0.3, -0.25) is 0 Å². The highest BCUT2D eigenvalue weighted by atomic mass is 32.2. The number of rotatable bonds is 6. The number of benzene rings is 1. The van der Waals surface area contributed by atoms with E-state index in [2.05, 4.69) is 15.1 Å². The lowest BCUT2D eigenvalue weighted by molar-refractivity contribution is 0.0863. The molecule has 1 N–H and O–H groups in total. The standard InChI is InChI=1S/C20H24N4O6S/c1-13-18(29-16-8-10-24(11-9-16)20(25)26)21-12-22-19(13)30-23-14(2)15-4-6-17(7-5-15)31(3,27)28/h4-7,12,16H,8-11H2,1-3H3,(H,25,26). The molecule has 0 bridgehead atoms. The van der Waals surface area contributed by atoms with Crippen molar-refractivity contribution in [1.29, 1.82) is 0 Å². The van der Waals surface area contributed by atoms with E-state index in [-0.39, 0.29) is 16.9 Å². The first-order chi connectivity index (χ1) is 14.6. The Kier molecular flexibility index (Phi) is 6.74. The van der Waals surface area contributed by atoms with Crippen LogP contribution in [-0.2, 0) is 9.84 Å². The first kappa shape index (κ1) is 22.5. The van der Waals surface area contributed by atoms with Gasteiger partial charge in [-0.1, -0.05) is 17.3 Å². The minimum Gasteiger partial charge on any atom is -0.474 e. The lowest BCUT2D eigenvalue weighted by Crippen LogP contribution is -2.41. The minimum atomic E-state index is -3.26. The van der Waals surface area contributed by atoms with Crippen LogP contribution in [0.3, 0.4) is 0 Å². The lowest BCUT2D eigenvalue weighted by Gasteiger charge is -2.30. The van der Waals surface area contributed by atoms with Crippen LogP contribution in [0.5, 0.6) is 11.8 Å². The maximum Gasteiger partial charge on any atom is 0.407 e. The van der Waals surface area contributed by atoms with E-state index in [1.807, 2.05) is 0 Å². The van der Waals surface area contributed by atoms with Crippen LogP contribution in [0.1, 0.15) is 30.9 Å². The zero-order valence-electron chi connectivity index (χ0n) is 17.5. The van der Waals surface area contributed by atoms with Crippen molar-refractivity contribution >= 4 is 21.6 Å². The zero-order chi connectivity index (χ0) is 22.6. The van der Waals surface area contributed by atoms with E-state index in [9.17, 15) is 13.2 Å². The number of hydrogen-bond donors (Lipinski definition) is 1. The average Bonchev–Trinajstić information content (AvgIpc) is 2.74. The van der Waals surface area contributed by atoms with E-state index in [0.29, 0.717) is 48.6 Å². The molecule has 0 saturated carbocycles. The quantitative estimate of drug-likeness (QED) is 0.527. The Morgan fingerprint density at radius 1 is 1.16 bits per heavy atom. The summed E-state index contributed by atoms with van der Waals surface area (Å²) in [4.78, 5) is 26.3. The summed E-state index contributed by atoms with van der Waals surface area (Å²) >= 11 is 0. The molecule has 166 valence electrons. The number of nitrogens with zero attached hydrogens (tertiary/aromatic N) is 4. The fraction of sp³-hybridized carbons (Fsp3) is 0.400. The molecule has 10 nitrogen and oxygen atoms in total. The summed E-state index contributed by atoms with van der Waals surface area (Å²) in [6.45, 7) is 4.31. The van der Waals surface area contributed by atoms with E-state index in [0.717, 1.165) is 6.26 Å². The van der Waals surface area contributed by atoms with Crippen molar-refractivity contribution < 1.29 is 27.9 Å². The van der Waals surface area contributed by atoms with Crippen molar-refractivity contribution in [3.63, 3.8) is 0 Å². The third-order valence-corrected chi connectivity index (χ3v) is 6.08. The fourth-order valence-electron chi connectivity index (χ4n) is 3.06. The highest BCUT2D eigenvalue weighted by Crippen LogP contribution is 2.26. The number of sulfone groups is 1. The Hall–Kier alpha value is -3.21. The van der Waals surface area contributed by atoms with Gasteiger partial charge in [0.25, 0.3) is 5.88 Å². The maximum atomic E-state index is 11.6. The predicted octanol–water partition coefficient (Wildman–Crippen LogP) is 2.51. The van der Waals surface area contributed by atoms with Gasteiger partial charge in [0.1, 0.15) is 12.4 Å². The molecule has 1 saturated heterocycles. The third-order valence-electron chi connectivity index (χ3n) is 4.95. The van der Waals surface area contributed by atoms with Crippen molar-refractivity contribution in [3.05, 3.63) is 41.7 Å². The Morgan fingerprint density at radius 2 is 1.77 bits per heavy atom. The first-order valence-corrected chi connectivity index (χ1v) is 11.5. The van der Waals surface area contributed by atoms with Gasteiger partial charge < -0.3 is 19.6 Å². The molecular formula is C20H24N4O6S. The number of oxime groups is 1. The molecule has 0 aliphatic carbocycles. The summed E-state index contributed by atoms with van der Waals surface area (Å²) < 4.78 is 29.1. The number of carbonyl (C=O) groups is 1. The van der Waals surface area contributed by atoms with Crippen molar-refractivity contribution in [2.75, 3.05) is 19.3 Å². The van der Waals surface area contributed by atoms with E-state index in [4.69, 9.17) is 14.7 Å². The largest absolute Gasteiger partial charge is 0.474 e. The molecular weight excluding hydrogens is 424 g/mol. The molecule has 1 aliphatic rings. The van der Waals surface area contributed by atoms with E-state index in [1.54, 1.807) is 26.0 Å². The molecule has 2 heterocycles. The van der Waals surface area contributed by atoms with E-state index < -0.39 is 15.9 Å². The van der Waals surface area contributed by atoms with Crippen LogP contribution in [0.4, 0.5) is 4.79 Å². The monoisotopic (exact) mass is 448 g/mol. The van der Waals surface area contributed by atoms with Crippen molar-refractivity contribution in [3.8, 4) is 11.8 Å². The highest BCUT2D eigenvalue weighted by molar-refractivity contribution is 7.90. The second kappa shape index (κ2) is 9.29. The fourth-order valence-corrected chi connectivity index (χ4v) is 3.69. The van der Waals surface area contributed by atoms with Gasteiger partial charge in [-0.25, -0.2) is 18.2 Å². The molecule has 0 atom stereocenters. The van der Waals surface area contributed by atoms with Crippen LogP contribution in [0, 0.1) is 6.92 Å². The summed E-state index contributed by atoms with van der Waals surface area (Å²) in [5, 5.41) is 13.1. The molecule has 1 amide bonds. The number of ether oxygens (including phenoxy) is 1. The summed E-state index contributed by atoms with van der Waals surface area (Å²) in [5.74, 6) is 0.601. The molecule has 1 aromatic carbocycles. The molecule has 11 heteroatoms. The summed E-state index contributed by atoms with van der Waals surface area (Å²) in [5.41, 5.74) is 1.83. The van der Waals surface area contributed by atoms with Crippen LogP contribution in [0.25, 0.3) is 0 Å². The van der Waals surface area contributed by atoms with Crippen LogP contribution >= 0.6 is 0 Å². The van der Waals surface area contributed by atoms with Gasteiger partial charge in [0.15, 0.2) is 9.84 Å². The van der Waals surface area contributed by atoms with Crippen LogP contribution in [0.15, 0.2) is 40.6 Å².